The Kier molecular flexibility index (Phi) is 4.62. The summed E-state index contributed by atoms with van der Waals surface area (Å²) in [7, 11) is 1.86. The molecule has 0 spiro atoms. The summed E-state index contributed by atoms with van der Waals surface area (Å²) >= 11 is 1.34. The highest BCUT2D eigenvalue weighted by Gasteiger charge is 2.30. The average molecular weight is 296 g/mol. The zero-order chi connectivity index (χ0) is 14.8. The Balaban J connectivity index is 2.04. The molecular weight excluding hydrogens is 272 g/mol. The molecule has 1 aliphatic heterocycles. The summed E-state index contributed by atoms with van der Waals surface area (Å²) in [5.74, 6) is 0.848. The highest BCUT2D eigenvalue weighted by molar-refractivity contribution is 7.10. The first kappa shape index (κ1) is 15.2. The van der Waals surface area contributed by atoms with Crippen molar-refractivity contribution in [3.05, 3.63) is 5.69 Å². The molecule has 0 aliphatic carbocycles. The zero-order valence-corrected chi connectivity index (χ0v) is 13.6. The van der Waals surface area contributed by atoms with Crippen molar-refractivity contribution < 1.29 is 4.79 Å². The fraction of sp³-hybridized carbons (Fsp3) is 0.786. The van der Waals surface area contributed by atoms with E-state index in [2.05, 4.69) is 35.7 Å². The molecule has 1 amide bonds. The van der Waals surface area contributed by atoms with Gasteiger partial charge in [0.1, 0.15) is 10.7 Å². The maximum Gasteiger partial charge on any atom is 0.222 e. The molecule has 1 atom stereocenters. The second kappa shape index (κ2) is 6.08. The van der Waals surface area contributed by atoms with E-state index in [9.17, 15) is 4.79 Å². The topological polar surface area (TPSA) is 58.1 Å². The number of likely N-dealkylation sites (tertiary alicyclic amines) is 1. The van der Waals surface area contributed by atoms with Crippen molar-refractivity contribution in [1.82, 2.24) is 14.5 Å². The molecule has 20 heavy (non-hydrogen) atoms. The minimum atomic E-state index is 0.242. The molecule has 2 rings (SSSR count). The van der Waals surface area contributed by atoms with E-state index < -0.39 is 0 Å². The zero-order valence-electron chi connectivity index (χ0n) is 12.8. The number of aromatic nitrogens is 2. The Labute approximate surface area is 124 Å². The maximum atomic E-state index is 12.3. The molecule has 0 bridgehead atoms. The first-order valence-electron chi connectivity index (χ1n) is 7.18. The van der Waals surface area contributed by atoms with E-state index in [-0.39, 0.29) is 11.3 Å². The van der Waals surface area contributed by atoms with E-state index in [1.165, 1.54) is 11.5 Å². The Morgan fingerprint density at radius 1 is 1.40 bits per heavy atom. The molecule has 0 aromatic carbocycles. The lowest BCUT2D eigenvalue weighted by atomic mass is 9.77. The first-order chi connectivity index (χ1) is 9.41. The van der Waals surface area contributed by atoms with Gasteiger partial charge in [-0.25, -0.2) is 0 Å². The van der Waals surface area contributed by atoms with Crippen LogP contribution < -0.4 is 5.32 Å². The summed E-state index contributed by atoms with van der Waals surface area (Å²) in [5.41, 5.74) is 1.15. The van der Waals surface area contributed by atoms with Crippen molar-refractivity contribution in [3.63, 3.8) is 0 Å². The molecule has 1 N–H and O–H groups in total. The predicted molar refractivity (Wildman–Crippen MR) is 81.7 cm³/mol. The van der Waals surface area contributed by atoms with Crippen LogP contribution in [0.25, 0.3) is 0 Å². The minimum Gasteiger partial charge on any atom is -0.377 e. The molecule has 112 valence electrons. The lowest BCUT2D eigenvalue weighted by Crippen LogP contribution is -2.30. The Bertz CT molecular complexity index is 466. The number of carbonyl (C=O) groups excluding carboxylic acids is 1. The van der Waals surface area contributed by atoms with Crippen LogP contribution in [0.2, 0.25) is 0 Å². The van der Waals surface area contributed by atoms with Crippen LogP contribution in [-0.4, -0.2) is 34.0 Å². The normalized spacial score (nSPS) is 20.9. The number of anilines is 1. The fourth-order valence-electron chi connectivity index (χ4n) is 2.75. The van der Waals surface area contributed by atoms with Crippen molar-refractivity contribution >= 4 is 22.4 Å². The van der Waals surface area contributed by atoms with Gasteiger partial charge in [0.25, 0.3) is 0 Å². The standard InChI is InChI=1S/C14H24N4OS/c1-14(2,3)10-5-6-12(19)18(8-7-10)9-11-13(15-4)20-17-16-11/h10,15H,5-9H2,1-4H3. The number of nitrogens with zero attached hydrogens (tertiary/aromatic N) is 3. The lowest BCUT2D eigenvalue weighted by molar-refractivity contribution is -0.131. The van der Waals surface area contributed by atoms with Gasteiger partial charge < -0.3 is 10.2 Å². The van der Waals surface area contributed by atoms with E-state index in [1.807, 2.05) is 11.9 Å². The third kappa shape index (κ3) is 3.48. The SMILES string of the molecule is CNc1snnc1CN1CCC(C(C)(C)C)CCC1=O. The third-order valence-corrected chi connectivity index (χ3v) is 4.94. The van der Waals surface area contributed by atoms with Crippen LogP contribution in [0.5, 0.6) is 0 Å². The Morgan fingerprint density at radius 2 is 2.15 bits per heavy atom. The predicted octanol–water partition coefficient (Wildman–Crippen LogP) is 2.75. The van der Waals surface area contributed by atoms with Crippen molar-refractivity contribution in [2.75, 3.05) is 18.9 Å². The number of nitrogens with one attached hydrogen (secondary N) is 1. The van der Waals surface area contributed by atoms with E-state index in [0.29, 0.717) is 18.9 Å². The highest BCUT2D eigenvalue weighted by atomic mass is 32.1. The van der Waals surface area contributed by atoms with Gasteiger partial charge in [0.2, 0.25) is 5.91 Å². The number of rotatable bonds is 3. The molecule has 0 saturated carbocycles. The smallest absolute Gasteiger partial charge is 0.222 e. The van der Waals surface area contributed by atoms with Gasteiger partial charge in [0.15, 0.2) is 0 Å². The lowest BCUT2D eigenvalue weighted by Gasteiger charge is -2.29. The van der Waals surface area contributed by atoms with Gasteiger partial charge in [0.05, 0.1) is 6.54 Å². The molecule has 5 nitrogen and oxygen atoms in total. The molecule has 1 saturated heterocycles. The second-order valence-corrected chi connectivity index (χ2v) is 7.26. The van der Waals surface area contributed by atoms with E-state index in [4.69, 9.17) is 0 Å². The Morgan fingerprint density at radius 3 is 2.80 bits per heavy atom. The summed E-state index contributed by atoms with van der Waals surface area (Å²) in [6, 6.07) is 0. The molecule has 1 aromatic heterocycles. The average Bonchev–Trinajstić information content (AvgIpc) is 2.73. The summed E-state index contributed by atoms with van der Waals surface area (Å²) in [6.45, 7) is 8.19. The van der Waals surface area contributed by atoms with Gasteiger partial charge in [-0.3, -0.25) is 4.79 Å². The van der Waals surface area contributed by atoms with Crippen LogP contribution in [0.15, 0.2) is 0 Å². The number of carbonyl (C=O) groups is 1. The van der Waals surface area contributed by atoms with Crippen LogP contribution in [0.1, 0.15) is 45.7 Å². The largest absolute Gasteiger partial charge is 0.377 e. The van der Waals surface area contributed by atoms with Gasteiger partial charge in [-0.05, 0) is 24.2 Å². The van der Waals surface area contributed by atoms with Crippen LogP contribution in [-0.2, 0) is 11.3 Å². The molecule has 1 unspecified atom stereocenters. The molecule has 1 aromatic rings. The van der Waals surface area contributed by atoms with Crippen LogP contribution >= 0.6 is 11.5 Å². The van der Waals surface area contributed by atoms with Gasteiger partial charge in [0, 0.05) is 31.5 Å². The number of hydrogen-bond donors (Lipinski definition) is 1. The minimum absolute atomic E-state index is 0.242. The van der Waals surface area contributed by atoms with Gasteiger partial charge in [-0.15, -0.1) is 5.10 Å². The van der Waals surface area contributed by atoms with Crippen LogP contribution in [0.4, 0.5) is 5.00 Å². The Hall–Kier alpha value is -1.17. The third-order valence-electron chi connectivity index (χ3n) is 4.16. The first-order valence-corrected chi connectivity index (χ1v) is 7.96. The highest BCUT2D eigenvalue weighted by Crippen LogP contribution is 2.35. The molecule has 1 fully saturated rings. The van der Waals surface area contributed by atoms with Gasteiger partial charge in [-0.2, -0.15) is 0 Å². The second-order valence-electron chi connectivity index (χ2n) is 6.50. The van der Waals surface area contributed by atoms with Gasteiger partial charge in [-0.1, -0.05) is 25.3 Å². The number of amides is 1. The molecule has 2 heterocycles. The van der Waals surface area contributed by atoms with Crippen LogP contribution in [0.3, 0.4) is 0 Å². The molecule has 6 heteroatoms. The quantitative estimate of drug-likeness (QED) is 0.932. The molecule has 0 radical (unpaired) electrons. The van der Waals surface area contributed by atoms with Crippen molar-refractivity contribution in [2.45, 2.75) is 46.6 Å². The fourth-order valence-corrected chi connectivity index (χ4v) is 3.28. The van der Waals surface area contributed by atoms with Gasteiger partial charge >= 0.3 is 0 Å². The summed E-state index contributed by atoms with van der Waals surface area (Å²) in [6.07, 6.45) is 2.71. The van der Waals surface area contributed by atoms with Crippen molar-refractivity contribution in [2.24, 2.45) is 11.3 Å². The summed E-state index contributed by atoms with van der Waals surface area (Å²) in [4.78, 5) is 14.2. The van der Waals surface area contributed by atoms with Crippen LogP contribution in [0, 0.1) is 11.3 Å². The van der Waals surface area contributed by atoms with Crippen molar-refractivity contribution in [3.8, 4) is 0 Å². The van der Waals surface area contributed by atoms with E-state index in [1.54, 1.807) is 0 Å². The molecule has 1 aliphatic rings. The van der Waals surface area contributed by atoms with E-state index in [0.717, 1.165) is 30.1 Å². The maximum absolute atomic E-state index is 12.3. The van der Waals surface area contributed by atoms with E-state index >= 15 is 0 Å². The molecular formula is C14H24N4OS. The monoisotopic (exact) mass is 296 g/mol. The summed E-state index contributed by atoms with van der Waals surface area (Å²) in [5, 5.41) is 8.16. The summed E-state index contributed by atoms with van der Waals surface area (Å²) < 4.78 is 3.95. The number of hydrogen-bond acceptors (Lipinski definition) is 5. The van der Waals surface area contributed by atoms with Crippen molar-refractivity contribution in [1.29, 1.82) is 0 Å².